The zero-order chi connectivity index (χ0) is 10.3. The molecule has 0 saturated heterocycles. The number of carboxylic acid groups (broad SMARTS) is 1. The van der Waals surface area contributed by atoms with Crippen LogP contribution < -0.4 is 5.63 Å². The Hall–Kier alpha value is -2.04. The predicted molar refractivity (Wildman–Crippen MR) is 46.4 cm³/mol. The minimum Gasteiger partial charge on any atom is -0.478 e. The first-order chi connectivity index (χ1) is 6.59. The lowest BCUT2D eigenvalue weighted by molar-refractivity contribution is 0.0697. The number of aromatic carboxylic acids is 1. The third kappa shape index (κ3) is 1.10. The van der Waals surface area contributed by atoms with Gasteiger partial charge in [-0.25, -0.2) is 9.59 Å². The first-order valence-corrected chi connectivity index (χ1v) is 3.85. The number of furan rings is 1. The van der Waals surface area contributed by atoms with Gasteiger partial charge in [0.1, 0.15) is 28.6 Å². The maximum atomic E-state index is 11.3. The van der Waals surface area contributed by atoms with E-state index >= 15 is 0 Å². The average Bonchev–Trinajstić information content (AvgIpc) is 2.47. The van der Waals surface area contributed by atoms with Crippen molar-refractivity contribution in [1.29, 1.82) is 0 Å². The van der Waals surface area contributed by atoms with Crippen LogP contribution in [-0.4, -0.2) is 11.1 Å². The number of carboxylic acids is 1. The lowest BCUT2D eigenvalue weighted by Gasteiger charge is -1.91. The molecule has 5 heteroatoms. The molecule has 0 atom stereocenters. The van der Waals surface area contributed by atoms with E-state index in [2.05, 4.69) is 0 Å². The Labute approximate surface area is 77.6 Å². The molecule has 2 aromatic rings. The monoisotopic (exact) mass is 194 g/mol. The molecule has 14 heavy (non-hydrogen) atoms. The summed E-state index contributed by atoms with van der Waals surface area (Å²) >= 11 is 0. The van der Waals surface area contributed by atoms with Gasteiger partial charge in [0, 0.05) is 6.07 Å². The predicted octanol–water partition coefficient (Wildman–Crippen LogP) is 1.39. The Morgan fingerprint density at radius 1 is 1.50 bits per heavy atom. The van der Waals surface area contributed by atoms with Gasteiger partial charge in [-0.15, -0.1) is 0 Å². The molecule has 0 radical (unpaired) electrons. The van der Waals surface area contributed by atoms with Crippen molar-refractivity contribution in [3.8, 4) is 0 Å². The molecule has 5 nitrogen and oxygen atoms in total. The molecular formula is C9H6O5. The molecule has 2 heterocycles. The Morgan fingerprint density at radius 2 is 2.21 bits per heavy atom. The molecule has 0 bridgehead atoms. The van der Waals surface area contributed by atoms with E-state index in [1.54, 1.807) is 6.92 Å². The summed E-state index contributed by atoms with van der Waals surface area (Å²) in [6, 6.07) is 1.48. The van der Waals surface area contributed by atoms with Crippen LogP contribution >= 0.6 is 0 Å². The smallest absolute Gasteiger partial charge is 0.348 e. The zero-order valence-electron chi connectivity index (χ0n) is 7.23. The molecule has 0 saturated carbocycles. The molecule has 0 aliphatic carbocycles. The first kappa shape index (κ1) is 8.55. The van der Waals surface area contributed by atoms with E-state index in [-0.39, 0.29) is 16.5 Å². The molecule has 72 valence electrons. The second kappa shape index (κ2) is 2.73. The van der Waals surface area contributed by atoms with Gasteiger partial charge in [0.15, 0.2) is 0 Å². The summed E-state index contributed by atoms with van der Waals surface area (Å²) in [6.07, 6.45) is 1.03. The lowest BCUT2D eigenvalue weighted by atomic mass is 10.2. The van der Waals surface area contributed by atoms with Crippen LogP contribution in [0.1, 0.15) is 16.1 Å². The Balaban J connectivity index is 2.93. The third-order valence-electron chi connectivity index (χ3n) is 1.84. The van der Waals surface area contributed by atoms with Gasteiger partial charge in [0.05, 0.1) is 0 Å². The molecule has 0 amide bonds. The fourth-order valence-corrected chi connectivity index (χ4v) is 1.26. The lowest BCUT2D eigenvalue weighted by Crippen LogP contribution is -2.04. The maximum absolute atomic E-state index is 11.3. The number of hydrogen-bond donors (Lipinski definition) is 1. The van der Waals surface area contributed by atoms with Gasteiger partial charge in [-0.3, -0.25) is 0 Å². The molecule has 0 aliphatic heterocycles. The minimum atomic E-state index is -1.21. The minimum absolute atomic E-state index is 0.0249. The van der Waals surface area contributed by atoms with Crippen molar-refractivity contribution in [1.82, 2.24) is 0 Å². The van der Waals surface area contributed by atoms with E-state index in [0.717, 1.165) is 6.26 Å². The van der Waals surface area contributed by atoms with Crippen molar-refractivity contribution >= 4 is 16.9 Å². The normalized spacial score (nSPS) is 10.6. The maximum Gasteiger partial charge on any atom is 0.348 e. The fourth-order valence-electron chi connectivity index (χ4n) is 1.26. The van der Waals surface area contributed by atoms with Gasteiger partial charge in [-0.05, 0) is 6.92 Å². The summed E-state index contributed by atoms with van der Waals surface area (Å²) in [5, 5.41) is 8.70. The van der Waals surface area contributed by atoms with Gasteiger partial charge in [-0.1, -0.05) is 0 Å². The SMILES string of the molecule is Cc1cc2occ(C(=O)O)c2c(=O)o1. The molecule has 0 aliphatic rings. The second-order valence-electron chi connectivity index (χ2n) is 2.84. The molecule has 1 N–H and O–H groups in total. The highest BCUT2D eigenvalue weighted by atomic mass is 16.4. The summed E-state index contributed by atoms with van der Waals surface area (Å²) in [5.41, 5.74) is -0.629. The standard InChI is InChI=1S/C9H6O5/c1-4-2-6-7(9(12)14-4)5(3-13-6)8(10)11/h2-3H,1H3,(H,10,11). The second-order valence-corrected chi connectivity index (χ2v) is 2.84. The highest BCUT2D eigenvalue weighted by molar-refractivity contribution is 6.01. The van der Waals surface area contributed by atoms with Crippen molar-refractivity contribution in [2.75, 3.05) is 0 Å². The highest BCUT2D eigenvalue weighted by Crippen LogP contribution is 2.18. The summed E-state index contributed by atoms with van der Waals surface area (Å²) in [4.78, 5) is 22.0. The van der Waals surface area contributed by atoms with Gasteiger partial charge < -0.3 is 13.9 Å². The summed E-state index contributed by atoms with van der Waals surface area (Å²) in [7, 11) is 0. The van der Waals surface area contributed by atoms with E-state index in [0.29, 0.717) is 5.76 Å². The van der Waals surface area contributed by atoms with Crippen LogP contribution in [0.2, 0.25) is 0 Å². The largest absolute Gasteiger partial charge is 0.478 e. The van der Waals surface area contributed by atoms with E-state index < -0.39 is 11.6 Å². The number of rotatable bonds is 1. The molecule has 0 spiro atoms. The summed E-state index contributed by atoms with van der Waals surface area (Å²) in [6.45, 7) is 1.59. The van der Waals surface area contributed by atoms with Crippen LogP contribution in [0.5, 0.6) is 0 Å². The van der Waals surface area contributed by atoms with E-state index in [9.17, 15) is 9.59 Å². The van der Waals surface area contributed by atoms with Crippen LogP contribution in [-0.2, 0) is 0 Å². The van der Waals surface area contributed by atoms with Crippen molar-refractivity contribution in [3.05, 3.63) is 34.1 Å². The average molecular weight is 194 g/mol. The third-order valence-corrected chi connectivity index (χ3v) is 1.84. The fraction of sp³-hybridized carbons (Fsp3) is 0.111. The van der Waals surface area contributed by atoms with Crippen molar-refractivity contribution in [2.45, 2.75) is 6.92 Å². The highest BCUT2D eigenvalue weighted by Gasteiger charge is 2.16. The molecule has 2 rings (SSSR count). The number of aryl methyl sites for hydroxylation is 1. The van der Waals surface area contributed by atoms with E-state index in [1.165, 1.54) is 6.07 Å². The van der Waals surface area contributed by atoms with Gasteiger partial charge in [0.25, 0.3) is 0 Å². The van der Waals surface area contributed by atoms with Crippen LogP contribution in [0.15, 0.2) is 26.0 Å². The van der Waals surface area contributed by atoms with Gasteiger partial charge >= 0.3 is 11.6 Å². The van der Waals surface area contributed by atoms with Crippen LogP contribution in [0.25, 0.3) is 11.0 Å². The molecule has 0 aromatic carbocycles. The van der Waals surface area contributed by atoms with Gasteiger partial charge in [-0.2, -0.15) is 0 Å². The van der Waals surface area contributed by atoms with Crippen molar-refractivity contribution in [2.24, 2.45) is 0 Å². The topological polar surface area (TPSA) is 80.6 Å². The molecule has 0 fully saturated rings. The molecular weight excluding hydrogens is 188 g/mol. The van der Waals surface area contributed by atoms with Crippen LogP contribution in [0, 0.1) is 6.92 Å². The number of carbonyl (C=O) groups is 1. The quantitative estimate of drug-likeness (QED) is 0.741. The van der Waals surface area contributed by atoms with Crippen molar-refractivity contribution < 1.29 is 18.7 Å². The molecule has 2 aromatic heterocycles. The van der Waals surface area contributed by atoms with E-state index in [1.807, 2.05) is 0 Å². The Kier molecular flexibility index (Phi) is 1.67. The summed E-state index contributed by atoms with van der Waals surface area (Å²) in [5.74, 6) is -0.825. The van der Waals surface area contributed by atoms with Crippen LogP contribution in [0.3, 0.4) is 0 Å². The van der Waals surface area contributed by atoms with Gasteiger partial charge in [0.2, 0.25) is 0 Å². The number of fused-ring (bicyclic) bond motifs is 1. The summed E-state index contributed by atoms with van der Waals surface area (Å²) < 4.78 is 9.69. The van der Waals surface area contributed by atoms with E-state index in [4.69, 9.17) is 13.9 Å². The van der Waals surface area contributed by atoms with Crippen molar-refractivity contribution in [3.63, 3.8) is 0 Å². The van der Waals surface area contributed by atoms with Crippen LogP contribution in [0.4, 0.5) is 0 Å². The Bertz CT molecular complexity index is 560. The zero-order valence-corrected chi connectivity index (χ0v) is 7.23. The number of hydrogen-bond acceptors (Lipinski definition) is 4. The first-order valence-electron chi connectivity index (χ1n) is 3.85. The Morgan fingerprint density at radius 3 is 2.86 bits per heavy atom. The molecule has 0 unspecified atom stereocenters.